The van der Waals surface area contributed by atoms with Gasteiger partial charge in [-0.1, -0.05) is 19.9 Å². The van der Waals surface area contributed by atoms with Crippen LogP contribution in [0.25, 0.3) is 0 Å². The molecule has 2 aliphatic heterocycles. The summed E-state index contributed by atoms with van der Waals surface area (Å²) in [6.45, 7) is 9.37. The minimum absolute atomic E-state index is 0.0871. The molecule has 0 radical (unpaired) electrons. The molecular formula is C19H28N4O4S. The third kappa shape index (κ3) is 4.53. The molecule has 28 heavy (non-hydrogen) atoms. The molecular weight excluding hydrogens is 380 g/mol. The highest BCUT2D eigenvalue weighted by Crippen LogP contribution is 2.31. The summed E-state index contributed by atoms with van der Waals surface area (Å²) in [4.78, 5) is 41.4. The smallest absolute Gasteiger partial charge is 0.325 e. The van der Waals surface area contributed by atoms with E-state index in [1.54, 1.807) is 13.0 Å². The molecule has 3 heterocycles. The van der Waals surface area contributed by atoms with Crippen molar-refractivity contribution in [1.82, 2.24) is 20.4 Å². The van der Waals surface area contributed by atoms with Gasteiger partial charge in [-0.3, -0.25) is 19.4 Å². The van der Waals surface area contributed by atoms with Crippen LogP contribution in [0.4, 0.5) is 4.79 Å². The molecule has 1 aromatic rings. The fraction of sp³-hybridized carbons (Fsp3) is 0.632. The molecule has 0 bridgehead atoms. The molecule has 0 aromatic carbocycles. The summed E-state index contributed by atoms with van der Waals surface area (Å²) in [5.74, 6) is -0.207. The zero-order valence-corrected chi connectivity index (χ0v) is 17.4. The largest absolute Gasteiger partial charge is 0.374 e. The summed E-state index contributed by atoms with van der Waals surface area (Å²) < 4.78 is 5.72. The molecule has 8 nitrogen and oxygen atoms in total. The Morgan fingerprint density at radius 2 is 2.25 bits per heavy atom. The van der Waals surface area contributed by atoms with Crippen molar-refractivity contribution in [1.29, 1.82) is 0 Å². The molecule has 2 N–H and O–H groups in total. The SMILES string of the molecule is CC(C)CN1CCOC(CNC(=O)CN2C(=O)NC(C)(c3cccs3)C2=O)C1. The number of nitrogens with zero attached hydrogens (tertiary/aromatic N) is 2. The summed E-state index contributed by atoms with van der Waals surface area (Å²) >= 11 is 1.40. The molecule has 3 rings (SSSR count). The number of hydrogen-bond acceptors (Lipinski definition) is 6. The minimum atomic E-state index is -1.12. The van der Waals surface area contributed by atoms with Crippen molar-refractivity contribution in [2.24, 2.45) is 5.92 Å². The maximum atomic E-state index is 12.8. The second-order valence-electron chi connectivity index (χ2n) is 7.87. The van der Waals surface area contributed by atoms with Gasteiger partial charge in [0.2, 0.25) is 5.91 Å². The van der Waals surface area contributed by atoms with Gasteiger partial charge in [-0.05, 0) is 24.3 Å². The lowest BCUT2D eigenvalue weighted by Gasteiger charge is -2.34. The first-order valence-corrected chi connectivity index (χ1v) is 10.5. The van der Waals surface area contributed by atoms with E-state index in [0.29, 0.717) is 19.1 Å². The number of rotatable bonds is 7. The van der Waals surface area contributed by atoms with Crippen molar-refractivity contribution in [2.45, 2.75) is 32.4 Å². The van der Waals surface area contributed by atoms with Gasteiger partial charge in [-0.25, -0.2) is 4.79 Å². The molecule has 0 aliphatic carbocycles. The third-order valence-corrected chi connectivity index (χ3v) is 6.06. The quantitative estimate of drug-likeness (QED) is 0.657. The molecule has 4 amide bonds. The number of carbonyl (C=O) groups is 3. The van der Waals surface area contributed by atoms with Crippen LogP contribution in [0.3, 0.4) is 0 Å². The van der Waals surface area contributed by atoms with Gasteiger partial charge < -0.3 is 15.4 Å². The predicted molar refractivity (Wildman–Crippen MR) is 106 cm³/mol. The predicted octanol–water partition coefficient (Wildman–Crippen LogP) is 0.988. The molecule has 0 saturated carbocycles. The summed E-state index contributed by atoms with van der Waals surface area (Å²) in [6.07, 6.45) is -0.0871. The van der Waals surface area contributed by atoms with Crippen LogP contribution in [0.5, 0.6) is 0 Å². The standard InChI is InChI=1S/C19H28N4O4S/c1-13(2)10-22-6-7-27-14(11-22)9-20-16(24)12-23-17(25)19(3,21-18(23)26)15-5-4-8-28-15/h4-5,8,13-14H,6-7,9-12H2,1-3H3,(H,20,24)(H,21,26). The van der Waals surface area contributed by atoms with Crippen molar-refractivity contribution in [3.8, 4) is 0 Å². The van der Waals surface area contributed by atoms with Gasteiger partial charge in [-0.2, -0.15) is 0 Å². The van der Waals surface area contributed by atoms with Crippen LogP contribution >= 0.6 is 11.3 Å². The molecule has 2 saturated heterocycles. The summed E-state index contributed by atoms with van der Waals surface area (Å²) in [5, 5.41) is 7.35. The average Bonchev–Trinajstić information content (AvgIpc) is 3.24. The lowest BCUT2D eigenvalue weighted by molar-refractivity contribution is -0.135. The number of morpholine rings is 1. The van der Waals surface area contributed by atoms with E-state index in [4.69, 9.17) is 4.74 Å². The van der Waals surface area contributed by atoms with Gasteiger partial charge in [0.25, 0.3) is 5.91 Å². The highest BCUT2D eigenvalue weighted by Gasteiger charge is 2.50. The van der Waals surface area contributed by atoms with E-state index in [1.165, 1.54) is 11.3 Å². The molecule has 2 fully saturated rings. The number of nitrogens with one attached hydrogen (secondary N) is 2. The Hall–Kier alpha value is -1.97. The normalized spacial score (nSPS) is 26.0. The minimum Gasteiger partial charge on any atom is -0.374 e. The number of thiophene rings is 1. The summed E-state index contributed by atoms with van der Waals surface area (Å²) in [6, 6.07) is 3.08. The molecule has 154 valence electrons. The van der Waals surface area contributed by atoms with E-state index in [0.717, 1.165) is 29.4 Å². The van der Waals surface area contributed by atoms with E-state index in [-0.39, 0.29) is 18.6 Å². The Labute approximate surface area is 169 Å². The molecule has 0 spiro atoms. The van der Waals surface area contributed by atoms with Gasteiger partial charge >= 0.3 is 6.03 Å². The zero-order chi connectivity index (χ0) is 20.3. The van der Waals surface area contributed by atoms with Crippen LogP contribution in [0, 0.1) is 5.92 Å². The first kappa shape index (κ1) is 20.8. The second kappa shape index (κ2) is 8.59. The van der Waals surface area contributed by atoms with Crippen molar-refractivity contribution < 1.29 is 19.1 Å². The van der Waals surface area contributed by atoms with Gasteiger partial charge in [0.1, 0.15) is 6.54 Å². The highest BCUT2D eigenvalue weighted by molar-refractivity contribution is 7.10. The highest BCUT2D eigenvalue weighted by atomic mass is 32.1. The van der Waals surface area contributed by atoms with E-state index in [9.17, 15) is 14.4 Å². The van der Waals surface area contributed by atoms with E-state index in [2.05, 4.69) is 29.4 Å². The maximum absolute atomic E-state index is 12.8. The summed E-state index contributed by atoms with van der Waals surface area (Å²) in [5.41, 5.74) is -1.12. The van der Waals surface area contributed by atoms with Gasteiger partial charge in [0, 0.05) is 31.1 Å². The van der Waals surface area contributed by atoms with Crippen LogP contribution in [-0.2, 0) is 19.9 Å². The first-order valence-electron chi connectivity index (χ1n) is 9.58. The van der Waals surface area contributed by atoms with Crippen LogP contribution in [0.1, 0.15) is 25.6 Å². The average molecular weight is 409 g/mol. The monoisotopic (exact) mass is 408 g/mol. The second-order valence-corrected chi connectivity index (χ2v) is 8.82. The lowest BCUT2D eigenvalue weighted by Crippen LogP contribution is -2.50. The number of urea groups is 1. The van der Waals surface area contributed by atoms with E-state index >= 15 is 0 Å². The number of hydrogen-bond donors (Lipinski definition) is 2. The Bertz CT molecular complexity index is 724. The molecule has 9 heteroatoms. The number of ether oxygens (including phenoxy) is 1. The van der Waals surface area contributed by atoms with E-state index in [1.807, 2.05) is 11.4 Å². The van der Waals surface area contributed by atoms with Crippen LogP contribution < -0.4 is 10.6 Å². The van der Waals surface area contributed by atoms with Crippen molar-refractivity contribution >= 4 is 29.2 Å². The number of carbonyl (C=O) groups excluding carboxylic acids is 3. The Morgan fingerprint density at radius 1 is 1.46 bits per heavy atom. The van der Waals surface area contributed by atoms with Crippen molar-refractivity contribution in [3.63, 3.8) is 0 Å². The number of amides is 4. The first-order chi connectivity index (χ1) is 13.3. The van der Waals surface area contributed by atoms with Gasteiger partial charge in [0.15, 0.2) is 5.54 Å². The van der Waals surface area contributed by atoms with Crippen LogP contribution in [0.15, 0.2) is 17.5 Å². The third-order valence-electron chi connectivity index (χ3n) is 4.96. The fourth-order valence-electron chi connectivity index (χ4n) is 3.58. The van der Waals surface area contributed by atoms with Crippen LogP contribution in [-0.4, -0.2) is 73.1 Å². The molecule has 2 unspecified atom stereocenters. The Morgan fingerprint density at radius 3 is 2.93 bits per heavy atom. The van der Waals surface area contributed by atoms with Crippen molar-refractivity contribution in [3.05, 3.63) is 22.4 Å². The van der Waals surface area contributed by atoms with E-state index < -0.39 is 17.5 Å². The molecule has 2 aliphatic rings. The zero-order valence-electron chi connectivity index (χ0n) is 16.6. The topological polar surface area (TPSA) is 91.0 Å². The van der Waals surface area contributed by atoms with Gasteiger partial charge in [-0.15, -0.1) is 11.3 Å². The maximum Gasteiger partial charge on any atom is 0.325 e. The Kier molecular flexibility index (Phi) is 6.36. The Balaban J connectivity index is 1.51. The fourth-order valence-corrected chi connectivity index (χ4v) is 4.42. The van der Waals surface area contributed by atoms with Crippen LogP contribution in [0.2, 0.25) is 0 Å². The summed E-state index contributed by atoms with van der Waals surface area (Å²) in [7, 11) is 0. The van der Waals surface area contributed by atoms with Gasteiger partial charge in [0.05, 0.1) is 12.7 Å². The molecule has 2 atom stereocenters. The van der Waals surface area contributed by atoms with Crippen molar-refractivity contribution in [2.75, 3.05) is 39.3 Å². The molecule has 1 aromatic heterocycles. The lowest BCUT2D eigenvalue weighted by atomic mass is 10.0. The number of imide groups is 1.